The highest BCUT2D eigenvalue weighted by atomic mass is 15.3. The zero-order chi connectivity index (χ0) is 13.2. The molecule has 2 saturated heterocycles. The molecule has 0 aliphatic carbocycles. The van der Waals surface area contributed by atoms with Crippen molar-refractivity contribution in [1.29, 1.82) is 0 Å². The smallest absolute Gasteiger partial charge is 0.123 e. The molecule has 1 aromatic heterocycles. The van der Waals surface area contributed by atoms with Gasteiger partial charge in [0, 0.05) is 37.9 Å². The van der Waals surface area contributed by atoms with Gasteiger partial charge in [0.2, 0.25) is 0 Å². The van der Waals surface area contributed by atoms with Crippen molar-refractivity contribution in [2.45, 2.75) is 44.8 Å². The second-order valence-corrected chi connectivity index (χ2v) is 6.01. The fourth-order valence-electron chi connectivity index (χ4n) is 3.46. The van der Waals surface area contributed by atoms with Gasteiger partial charge >= 0.3 is 0 Å². The molecule has 19 heavy (non-hydrogen) atoms. The van der Waals surface area contributed by atoms with Crippen molar-refractivity contribution in [3.8, 4) is 0 Å². The molecule has 104 valence electrons. The van der Waals surface area contributed by atoms with E-state index < -0.39 is 0 Å². The van der Waals surface area contributed by atoms with Crippen molar-refractivity contribution < 1.29 is 0 Å². The first-order valence-corrected chi connectivity index (χ1v) is 7.41. The highest BCUT2D eigenvalue weighted by molar-refractivity contribution is 5.31. The fourth-order valence-corrected chi connectivity index (χ4v) is 3.46. The molecule has 3 heterocycles. The predicted octanol–water partition coefficient (Wildman–Crippen LogP) is 1.72. The van der Waals surface area contributed by atoms with Gasteiger partial charge in [-0.3, -0.25) is 9.80 Å². The van der Waals surface area contributed by atoms with Gasteiger partial charge in [0.25, 0.3) is 0 Å². The lowest BCUT2D eigenvalue weighted by Gasteiger charge is -2.47. The van der Waals surface area contributed by atoms with Gasteiger partial charge in [-0.05, 0) is 44.0 Å². The van der Waals surface area contributed by atoms with Crippen molar-refractivity contribution in [3.05, 3.63) is 23.9 Å². The number of fused-ring (bicyclic) bond motifs is 1. The first-order valence-electron chi connectivity index (χ1n) is 7.41. The van der Waals surface area contributed by atoms with E-state index in [9.17, 15) is 0 Å². The highest BCUT2D eigenvalue weighted by Crippen LogP contribution is 2.25. The zero-order valence-electron chi connectivity index (χ0n) is 11.8. The van der Waals surface area contributed by atoms with Crippen LogP contribution in [0.4, 0.5) is 5.82 Å². The molecule has 2 N–H and O–H groups in total. The van der Waals surface area contributed by atoms with Crippen LogP contribution in [0.2, 0.25) is 0 Å². The van der Waals surface area contributed by atoms with Crippen LogP contribution < -0.4 is 5.73 Å². The zero-order valence-corrected chi connectivity index (χ0v) is 11.8. The lowest BCUT2D eigenvalue weighted by Crippen LogP contribution is -2.58. The van der Waals surface area contributed by atoms with Gasteiger partial charge < -0.3 is 5.73 Å². The number of nitrogen functional groups attached to an aromatic ring is 1. The molecule has 2 unspecified atom stereocenters. The second kappa shape index (κ2) is 5.47. The maximum absolute atomic E-state index is 5.77. The number of aromatic nitrogens is 1. The normalized spacial score (nSPS) is 29.1. The number of nitrogens with two attached hydrogens (primary N) is 1. The van der Waals surface area contributed by atoms with E-state index in [1.54, 1.807) is 0 Å². The average molecular weight is 260 g/mol. The van der Waals surface area contributed by atoms with E-state index in [1.807, 2.05) is 12.3 Å². The molecular weight excluding hydrogens is 236 g/mol. The number of anilines is 1. The molecule has 0 spiro atoms. The molecule has 0 amide bonds. The summed E-state index contributed by atoms with van der Waals surface area (Å²) in [6.07, 6.45) is 5.95. The van der Waals surface area contributed by atoms with E-state index in [0.29, 0.717) is 11.9 Å². The number of hydrogen-bond donors (Lipinski definition) is 1. The topological polar surface area (TPSA) is 45.4 Å². The minimum atomic E-state index is 0.626. The Kier molecular flexibility index (Phi) is 3.71. The molecule has 1 aromatic rings. The molecule has 0 aromatic carbocycles. The molecule has 2 aliphatic heterocycles. The molecule has 0 radical (unpaired) electrons. The Morgan fingerprint density at radius 3 is 3.11 bits per heavy atom. The third kappa shape index (κ3) is 2.90. The lowest BCUT2D eigenvalue weighted by atomic mass is 9.97. The fraction of sp³-hybridized carbons (Fsp3) is 0.667. The Balaban J connectivity index is 1.67. The monoisotopic (exact) mass is 260 g/mol. The molecule has 0 bridgehead atoms. The van der Waals surface area contributed by atoms with Crippen LogP contribution in [0.15, 0.2) is 18.3 Å². The number of piperidine rings is 1. The van der Waals surface area contributed by atoms with Crippen LogP contribution in [-0.2, 0) is 6.54 Å². The van der Waals surface area contributed by atoms with E-state index in [4.69, 9.17) is 5.73 Å². The predicted molar refractivity (Wildman–Crippen MR) is 77.7 cm³/mol. The number of nitrogens with zero attached hydrogens (tertiary/aromatic N) is 3. The molecule has 3 rings (SSSR count). The molecule has 2 atom stereocenters. The highest BCUT2D eigenvalue weighted by Gasteiger charge is 2.32. The molecule has 2 aliphatic rings. The molecule has 4 heteroatoms. The molecule has 2 fully saturated rings. The van der Waals surface area contributed by atoms with Crippen LogP contribution in [0.3, 0.4) is 0 Å². The maximum Gasteiger partial charge on any atom is 0.123 e. The van der Waals surface area contributed by atoms with Gasteiger partial charge in [-0.2, -0.15) is 0 Å². The minimum Gasteiger partial charge on any atom is -0.384 e. The van der Waals surface area contributed by atoms with Gasteiger partial charge in [0.15, 0.2) is 0 Å². The van der Waals surface area contributed by atoms with Crippen LogP contribution in [0.1, 0.15) is 31.7 Å². The quantitative estimate of drug-likeness (QED) is 0.879. The summed E-state index contributed by atoms with van der Waals surface area (Å²) in [5, 5.41) is 0. The Hall–Kier alpha value is -1.13. The van der Waals surface area contributed by atoms with Crippen molar-refractivity contribution in [1.82, 2.24) is 14.8 Å². The van der Waals surface area contributed by atoms with E-state index in [2.05, 4.69) is 27.8 Å². The van der Waals surface area contributed by atoms with Gasteiger partial charge in [-0.15, -0.1) is 0 Å². The second-order valence-electron chi connectivity index (χ2n) is 6.01. The van der Waals surface area contributed by atoms with Gasteiger partial charge in [-0.1, -0.05) is 6.42 Å². The largest absolute Gasteiger partial charge is 0.384 e. The summed E-state index contributed by atoms with van der Waals surface area (Å²) in [5.74, 6) is 0.626. The first kappa shape index (κ1) is 12.9. The number of rotatable bonds is 2. The standard InChI is InChI=1S/C15H24N4/c1-12-9-18-7-3-2-4-14(18)11-19(12)10-13-5-6-17-15(16)8-13/h5-6,8,12,14H,2-4,7,9-11H2,1H3,(H2,16,17). The summed E-state index contributed by atoms with van der Waals surface area (Å²) in [6.45, 7) is 7.05. The van der Waals surface area contributed by atoms with Gasteiger partial charge in [-0.25, -0.2) is 4.98 Å². The van der Waals surface area contributed by atoms with E-state index in [-0.39, 0.29) is 0 Å². The summed E-state index contributed by atoms with van der Waals surface area (Å²) in [5.41, 5.74) is 7.05. The Morgan fingerprint density at radius 1 is 1.37 bits per heavy atom. The molecular formula is C15H24N4. The van der Waals surface area contributed by atoms with E-state index in [0.717, 1.165) is 12.6 Å². The Bertz CT molecular complexity index is 434. The number of piperazine rings is 1. The summed E-state index contributed by atoms with van der Waals surface area (Å²) < 4.78 is 0. The number of pyridine rings is 1. The SMILES string of the molecule is CC1CN2CCCCC2CN1Cc1ccnc(N)c1. The van der Waals surface area contributed by atoms with Crippen molar-refractivity contribution in [2.24, 2.45) is 0 Å². The van der Waals surface area contributed by atoms with Crippen LogP contribution in [0.5, 0.6) is 0 Å². The molecule has 4 nitrogen and oxygen atoms in total. The van der Waals surface area contributed by atoms with Crippen LogP contribution in [0, 0.1) is 0 Å². The van der Waals surface area contributed by atoms with Crippen LogP contribution in [0.25, 0.3) is 0 Å². The Labute approximate surface area is 115 Å². The third-order valence-corrected chi connectivity index (χ3v) is 4.55. The van der Waals surface area contributed by atoms with E-state index >= 15 is 0 Å². The molecule has 0 saturated carbocycles. The first-order chi connectivity index (χ1) is 9.22. The maximum atomic E-state index is 5.77. The third-order valence-electron chi connectivity index (χ3n) is 4.55. The summed E-state index contributed by atoms with van der Waals surface area (Å²) in [4.78, 5) is 9.35. The number of hydrogen-bond acceptors (Lipinski definition) is 4. The minimum absolute atomic E-state index is 0.626. The van der Waals surface area contributed by atoms with E-state index in [1.165, 1.54) is 44.5 Å². The lowest BCUT2D eigenvalue weighted by molar-refractivity contribution is 0.0111. The van der Waals surface area contributed by atoms with Crippen LogP contribution in [-0.4, -0.2) is 46.5 Å². The van der Waals surface area contributed by atoms with Crippen LogP contribution >= 0.6 is 0 Å². The average Bonchev–Trinajstić information content (AvgIpc) is 2.40. The van der Waals surface area contributed by atoms with Crippen molar-refractivity contribution in [3.63, 3.8) is 0 Å². The summed E-state index contributed by atoms with van der Waals surface area (Å²) >= 11 is 0. The van der Waals surface area contributed by atoms with Crippen molar-refractivity contribution in [2.75, 3.05) is 25.4 Å². The summed E-state index contributed by atoms with van der Waals surface area (Å²) in [7, 11) is 0. The van der Waals surface area contributed by atoms with Crippen molar-refractivity contribution >= 4 is 5.82 Å². The summed E-state index contributed by atoms with van der Waals surface area (Å²) in [6, 6.07) is 5.48. The Morgan fingerprint density at radius 2 is 2.26 bits per heavy atom. The van der Waals surface area contributed by atoms with Gasteiger partial charge in [0.1, 0.15) is 5.82 Å². The van der Waals surface area contributed by atoms with Gasteiger partial charge in [0.05, 0.1) is 0 Å².